The lowest BCUT2D eigenvalue weighted by molar-refractivity contribution is -0.118. The van der Waals surface area contributed by atoms with Crippen molar-refractivity contribution in [3.8, 4) is 17.2 Å². The minimum atomic E-state index is -0.797. The summed E-state index contributed by atoms with van der Waals surface area (Å²) in [5.74, 6) is 1.03. The van der Waals surface area contributed by atoms with Crippen molar-refractivity contribution in [1.29, 1.82) is 0 Å². The summed E-state index contributed by atoms with van der Waals surface area (Å²) in [7, 11) is 0. The molecule has 0 atom stereocenters. The third kappa shape index (κ3) is 8.35. The predicted molar refractivity (Wildman–Crippen MR) is 133 cm³/mol. The number of nitrogens with one attached hydrogen (secondary N) is 2. The van der Waals surface area contributed by atoms with E-state index in [1.165, 1.54) is 12.1 Å². The Balaban J connectivity index is 1.41. The lowest BCUT2D eigenvalue weighted by Gasteiger charge is -2.10. The molecule has 2 N–H and O–H groups in total. The van der Waals surface area contributed by atoms with E-state index in [-0.39, 0.29) is 30.8 Å². The van der Waals surface area contributed by atoms with Crippen molar-refractivity contribution >= 4 is 23.7 Å². The first-order chi connectivity index (χ1) is 17.5. The summed E-state index contributed by atoms with van der Waals surface area (Å²) < 4.78 is 20.5. The highest BCUT2D eigenvalue weighted by molar-refractivity contribution is 5.94. The van der Waals surface area contributed by atoms with E-state index >= 15 is 0 Å². The van der Waals surface area contributed by atoms with Gasteiger partial charge in [-0.2, -0.15) is 0 Å². The van der Waals surface area contributed by atoms with Gasteiger partial charge in [-0.25, -0.2) is 4.79 Å². The van der Waals surface area contributed by atoms with Crippen molar-refractivity contribution in [2.45, 2.75) is 20.4 Å². The maximum Gasteiger partial charge on any atom is 0.513 e. The molecule has 0 unspecified atom stereocenters. The van der Waals surface area contributed by atoms with Gasteiger partial charge in [0.2, 0.25) is 0 Å². The fourth-order valence-corrected chi connectivity index (χ4v) is 3.05. The summed E-state index contributed by atoms with van der Waals surface area (Å²) in [6.07, 6.45) is -0.797. The average Bonchev–Trinajstić information content (AvgIpc) is 2.88. The Morgan fingerprint density at radius 1 is 0.722 bits per heavy atom. The quantitative estimate of drug-likeness (QED) is 0.298. The summed E-state index contributed by atoms with van der Waals surface area (Å²) in [6.45, 7) is 4.55. The molecule has 0 aromatic heterocycles. The number of anilines is 1. The molecule has 3 rings (SSSR count). The van der Waals surface area contributed by atoms with E-state index < -0.39 is 6.16 Å². The van der Waals surface area contributed by atoms with Gasteiger partial charge in [-0.3, -0.25) is 9.59 Å². The fourth-order valence-electron chi connectivity index (χ4n) is 3.05. The summed E-state index contributed by atoms with van der Waals surface area (Å²) >= 11 is 0. The fraction of sp³-hybridized carbons (Fsp3) is 0.222. The predicted octanol–water partition coefficient (Wildman–Crippen LogP) is 4.57. The van der Waals surface area contributed by atoms with E-state index in [0.717, 1.165) is 11.3 Å². The van der Waals surface area contributed by atoms with Crippen LogP contribution in [0.4, 0.5) is 10.5 Å². The molecule has 0 radical (unpaired) electrons. The SMILES string of the molecule is CCOC(=O)Oc1ccc(C(=O)NCc2ccc(NC(=O)COc3ccc(OCC)cc3)cc2)cc1. The Labute approximate surface area is 209 Å². The van der Waals surface area contributed by atoms with Gasteiger partial charge in [0.05, 0.1) is 13.2 Å². The second-order valence-corrected chi connectivity index (χ2v) is 7.43. The van der Waals surface area contributed by atoms with Crippen molar-refractivity contribution < 1.29 is 33.3 Å². The Morgan fingerprint density at radius 2 is 1.33 bits per heavy atom. The summed E-state index contributed by atoms with van der Waals surface area (Å²) in [4.78, 5) is 35.9. The zero-order chi connectivity index (χ0) is 25.8. The van der Waals surface area contributed by atoms with Crippen LogP contribution in [-0.2, 0) is 16.1 Å². The van der Waals surface area contributed by atoms with Crippen LogP contribution in [0.15, 0.2) is 72.8 Å². The van der Waals surface area contributed by atoms with Crippen LogP contribution in [-0.4, -0.2) is 37.8 Å². The van der Waals surface area contributed by atoms with Crippen LogP contribution in [0.1, 0.15) is 29.8 Å². The van der Waals surface area contributed by atoms with Gasteiger partial charge in [0.1, 0.15) is 17.2 Å². The average molecular weight is 493 g/mol. The van der Waals surface area contributed by atoms with Gasteiger partial charge in [0.15, 0.2) is 6.61 Å². The van der Waals surface area contributed by atoms with E-state index in [1.807, 2.05) is 6.92 Å². The van der Waals surface area contributed by atoms with Crippen molar-refractivity contribution in [1.82, 2.24) is 5.32 Å². The van der Waals surface area contributed by atoms with E-state index in [2.05, 4.69) is 10.6 Å². The molecule has 3 aromatic rings. The van der Waals surface area contributed by atoms with Gasteiger partial charge in [-0.1, -0.05) is 12.1 Å². The highest BCUT2D eigenvalue weighted by Gasteiger charge is 2.09. The maximum absolute atomic E-state index is 12.4. The maximum atomic E-state index is 12.4. The molecule has 0 fully saturated rings. The third-order valence-corrected chi connectivity index (χ3v) is 4.78. The van der Waals surface area contributed by atoms with Gasteiger partial charge < -0.3 is 29.6 Å². The summed E-state index contributed by atoms with van der Waals surface area (Å²) in [5.41, 5.74) is 1.89. The molecule has 9 nitrogen and oxygen atoms in total. The van der Waals surface area contributed by atoms with Gasteiger partial charge in [0.25, 0.3) is 11.8 Å². The Morgan fingerprint density at radius 3 is 1.94 bits per heavy atom. The molecule has 0 saturated heterocycles. The second-order valence-electron chi connectivity index (χ2n) is 7.43. The topological polar surface area (TPSA) is 112 Å². The van der Waals surface area contributed by atoms with Crippen LogP contribution in [0, 0.1) is 0 Å². The Hall–Kier alpha value is -4.53. The first-order valence-corrected chi connectivity index (χ1v) is 11.4. The smallest absolute Gasteiger partial charge is 0.494 e. The van der Waals surface area contributed by atoms with Crippen molar-refractivity contribution in [2.24, 2.45) is 0 Å². The largest absolute Gasteiger partial charge is 0.513 e. The zero-order valence-electron chi connectivity index (χ0n) is 20.1. The van der Waals surface area contributed by atoms with Crippen LogP contribution in [0.3, 0.4) is 0 Å². The van der Waals surface area contributed by atoms with Crippen LogP contribution in [0.2, 0.25) is 0 Å². The zero-order valence-corrected chi connectivity index (χ0v) is 20.1. The minimum Gasteiger partial charge on any atom is -0.494 e. The normalized spacial score (nSPS) is 10.2. The Kier molecular flexibility index (Phi) is 9.69. The number of ether oxygens (including phenoxy) is 4. The summed E-state index contributed by atoms with van der Waals surface area (Å²) in [6, 6.07) is 20.3. The van der Waals surface area contributed by atoms with Gasteiger partial charge in [0, 0.05) is 17.8 Å². The lowest BCUT2D eigenvalue weighted by atomic mass is 10.1. The minimum absolute atomic E-state index is 0.130. The van der Waals surface area contributed by atoms with Gasteiger partial charge in [-0.05, 0) is 80.1 Å². The number of carbonyl (C=O) groups is 3. The van der Waals surface area contributed by atoms with Crippen molar-refractivity contribution in [3.63, 3.8) is 0 Å². The molecule has 9 heteroatoms. The molecule has 0 aliphatic carbocycles. The van der Waals surface area contributed by atoms with Crippen LogP contribution < -0.4 is 24.8 Å². The molecule has 2 amide bonds. The molecule has 0 aliphatic rings. The van der Waals surface area contributed by atoms with Crippen LogP contribution in [0.5, 0.6) is 17.2 Å². The van der Waals surface area contributed by atoms with Gasteiger partial charge in [-0.15, -0.1) is 0 Å². The highest BCUT2D eigenvalue weighted by Crippen LogP contribution is 2.18. The third-order valence-electron chi connectivity index (χ3n) is 4.78. The highest BCUT2D eigenvalue weighted by atomic mass is 16.7. The number of hydrogen-bond acceptors (Lipinski definition) is 7. The first kappa shape index (κ1) is 26.1. The molecular weight excluding hydrogens is 464 g/mol. The lowest BCUT2D eigenvalue weighted by Crippen LogP contribution is -2.23. The van der Waals surface area contributed by atoms with E-state index in [1.54, 1.807) is 67.6 Å². The number of amides is 2. The van der Waals surface area contributed by atoms with Gasteiger partial charge >= 0.3 is 6.16 Å². The standard InChI is InChI=1S/C27H28N2O7/c1-3-33-22-13-15-23(16-14-22)35-18-25(30)29-21-9-5-19(6-10-21)17-28-26(31)20-7-11-24(12-8-20)36-27(32)34-4-2/h5-16H,3-4,17-18H2,1-2H3,(H,28,31)(H,29,30). The van der Waals surface area contributed by atoms with Crippen molar-refractivity contribution in [3.05, 3.63) is 83.9 Å². The number of benzene rings is 3. The molecule has 0 bridgehead atoms. The van der Waals surface area contributed by atoms with E-state index in [9.17, 15) is 14.4 Å². The monoisotopic (exact) mass is 492 g/mol. The molecule has 0 saturated carbocycles. The number of rotatable bonds is 11. The van der Waals surface area contributed by atoms with Crippen LogP contribution in [0.25, 0.3) is 0 Å². The van der Waals surface area contributed by atoms with Crippen molar-refractivity contribution in [2.75, 3.05) is 25.1 Å². The number of carbonyl (C=O) groups excluding carboxylic acids is 3. The van der Waals surface area contributed by atoms with Crippen LogP contribution >= 0.6 is 0 Å². The molecule has 0 heterocycles. The molecule has 3 aromatic carbocycles. The molecule has 0 spiro atoms. The summed E-state index contributed by atoms with van der Waals surface area (Å²) in [5, 5.41) is 5.59. The first-order valence-electron chi connectivity index (χ1n) is 11.4. The molecule has 36 heavy (non-hydrogen) atoms. The Bertz CT molecular complexity index is 1140. The molecule has 188 valence electrons. The number of hydrogen-bond donors (Lipinski definition) is 2. The van der Waals surface area contributed by atoms with E-state index in [0.29, 0.717) is 30.2 Å². The van der Waals surface area contributed by atoms with E-state index in [4.69, 9.17) is 18.9 Å². The molecule has 0 aliphatic heterocycles. The second kappa shape index (κ2) is 13.4. The molecular formula is C27H28N2O7.